The van der Waals surface area contributed by atoms with Crippen molar-refractivity contribution in [1.82, 2.24) is 5.43 Å². The minimum atomic E-state index is -0.338. The zero-order valence-electron chi connectivity index (χ0n) is 16.6. The van der Waals surface area contributed by atoms with Crippen molar-refractivity contribution in [2.24, 2.45) is 5.10 Å². The summed E-state index contributed by atoms with van der Waals surface area (Å²) in [6, 6.07) is 25.2. The van der Waals surface area contributed by atoms with E-state index in [4.69, 9.17) is 11.6 Å². The van der Waals surface area contributed by atoms with Crippen molar-refractivity contribution < 1.29 is 9.59 Å². The van der Waals surface area contributed by atoms with Crippen LogP contribution in [0.25, 0.3) is 21.5 Å². The van der Waals surface area contributed by atoms with Crippen molar-refractivity contribution in [2.45, 2.75) is 12.8 Å². The molecule has 4 aromatic rings. The van der Waals surface area contributed by atoms with Gasteiger partial charge in [-0.15, -0.1) is 0 Å². The number of halogens is 1. The normalized spacial score (nSPS) is 11.1. The Morgan fingerprint density at radius 2 is 1.39 bits per heavy atom. The quantitative estimate of drug-likeness (QED) is 0.241. The van der Waals surface area contributed by atoms with Gasteiger partial charge >= 0.3 is 0 Å². The number of hydrogen-bond donors (Lipinski definition) is 2. The van der Waals surface area contributed by atoms with E-state index in [2.05, 4.69) is 34.0 Å². The fourth-order valence-electron chi connectivity index (χ4n) is 3.42. The maximum Gasteiger partial charge on any atom is 0.240 e. The lowest BCUT2D eigenvalue weighted by molar-refractivity contribution is -0.124. The highest BCUT2D eigenvalue weighted by Crippen LogP contribution is 2.27. The van der Waals surface area contributed by atoms with E-state index in [1.807, 2.05) is 36.4 Å². The lowest BCUT2D eigenvalue weighted by Gasteiger charge is -2.08. The standard InChI is InChI=1S/C25H20ClN3O2/c26-22-11-5-6-12-23(22)28-24(30)13-14-25(31)29-27-16-21-19-9-3-1-7-17(19)15-18-8-2-4-10-20(18)21/h1-12,15-16H,13-14H2,(H,28,30)(H,29,31)/b27-16+. The second-order valence-corrected chi connectivity index (χ2v) is 7.46. The van der Waals surface area contributed by atoms with Crippen molar-refractivity contribution in [3.05, 3.63) is 89.4 Å². The minimum absolute atomic E-state index is 0.0178. The van der Waals surface area contributed by atoms with Crippen LogP contribution in [0.1, 0.15) is 18.4 Å². The Bertz CT molecular complexity index is 1250. The molecular formula is C25H20ClN3O2. The summed E-state index contributed by atoms with van der Waals surface area (Å²) in [5, 5.41) is 11.6. The number of hydrazone groups is 1. The molecule has 2 N–H and O–H groups in total. The van der Waals surface area contributed by atoms with Crippen LogP contribution in [0.4, 0.5) is 5.69 Å². The van der Waals surface area contributed by atoms with Crippen molar-refractivity contribution in [1.29, 1.82) is 0 Å². The van der Waals surface area contributed by atoms with Gasteiger partial charge in [0.05, 0.1) is 16.9 Å². The minimum Gasteiger partial charge on any atom is -0.325 e. The Kier molecular flexibility index (Phi) is 6.24. The van der Waals surface area contributed by atoms with Crippen LogP contribution in [0.5, 0.6) is 0 Å². The number of anilines is 1. The van der Waals surface area contributed by atoms with Gasteiger partial charge in [-0.2, -0.15) is 5.10 Å². The second-order valence-electron chi connectivity index (χ2n) is 7.05. The highest BCUT2D eigenvalue weighted by atomic mass is 35.5. The fraction of sp³-hybridized carbons (Fsp3) is 0.0800. The number of amides is 2. The number of benzene rings is 4. The Balaban J connectivity index is 1.41. The first-order valence-corrected chi connectivity index (χ1v) is 10.3. The molecule has 0 aromatic heterocycles. The molecule has 4 aromatic carbocycles. The molecule has 0 bridgehead atoms. The smallest absolute Gasteiger partial charge is 0.240 e. The number of para-hydroxylation sites is 1. The molecule has 154 valence electrons. The monoisotopic (exact) mass is 429 g/mol. The van der Waals surface area contributed by atoms with Gasteiger partial charge in [0, 0.05) is 18.4 Å². The molecule has 0 atom stereocenters. The van der Waals surface area contributed by atoms with Crippen LogP contribution in [0.2, 0.25) is 5.02 Å². The molecule has 6 heteroatoms. The molecule has 0 fully saturated rings. The average molecular weight is 430 g/mol. The number of hydrogen-bond acceptors (Lipinski definition) is 3. The van der Waals surface area contributed by atoms with Gasteiger partial charge in [0.25, 0.3) is 0 Å². The van der Waals surface area contributed by atoms with Gasteiger partial charge in [-0.3, -0.25) is 9.59 Å². The van der Waals surface area contributed by atoms with E-state index < -0.39 is 0 Å². The number of carbonyl (C=O) groups is 2. The highest BCUT2D eigenvalue weighted by molar-refractivity contribution is 6.33. The Morgan fingerprint density at radius 1 is 0.806 bits per heavy atom. The van der Waals surface area contributed by atoms with E-state index in [-0.39, 0.29) is 24.7 Å². The molecule has 0 unspecified atom stereocenters. The van der Waals surface area contributed by atoms with E-state index >= 15 is 0 Å². The third-order valence-electron chi connectivity index (χ3n) is 4.92. The van der Waals surface area contributed by atoms with Gasteiger partial charge in [-0.1, -0.05) is 72.3 Å². The van der Waals surface area contributed by atoms with Crippen molar-refractivity contribution >= 4 is 56.9 Å². The predicted octanol–water partition coefficient (Wildman–Crippen LogP) is 5.52. The van der Waals surface area contributed by atoms with Gasteiger partial charge in [0.1, 0.15) is 0 Å². The highest BCUT2D eigenvalue weighted by Gasteiger charge is 2.09. The molecule has 0 radical (unpaired) electrons. The largest absolute Gasteiger partial charge is 0.325 e. The van der Waals surface area contributed by atoms with E-state index in [0.29, 0.717) is 10.7 Å². The molecule has 2 amide bonds. The number of fused-ring (bicyclic) bond motifs is 2. The van der Waals surface area contributed by atoms with E-state index in [0.717, 1.165) is 27.1 Å². The Hall–Kier alpha value is -3.70. The zero-order valence-corrected chi connectivity index (χ0v) is 17.4. The van der Waals surface area contributed by atoms with Crippen LogP contribution >= 0.6 is 11.6 Å². The first-order chi connectivity index (χ1) is 15.1. The number of nitrogens with zero attached hydrogens (tertiary/aromatic N) is 1. The summed E-state index contributed by atoms with van der Waals surface area (Å²) in [4.78, 5) is 24.2. The lowest BCUT2D eigenvalue weighted by Crippen LogP contribution is -2.20. The molecule has 0 heterocycles. The van der Waals surface area contributed by atoms with Crippen LogP contribution in [0.3, 0.4) is 0 Å². The maximum absolute atomic E-state index is 12.2. The van der Waals surface area contributed by atoms with Gasteiger partial charge < -0.3 is 5.32 Å². The van der Waals surface area contributed by atoms with Gasteiger partial charge in [0.15, 0.2) is 0 Å². The summed E-state index contributed by atoms with van der Waals surface area (Å²) in [5.41, 5.74) is 3.97. The summed E-state index contributed by atoms with van der Waals surface area (Å²) in [6.07, 6.45) is 1.71. The van der Waals surface area contributed by atoms with Crippen LogP contribution < -0.4 is 10.7 Å². The van der Waals surface area contributed by atoms with Gasteiger partial charge in [-0.05, 0) is 39.7 Å². The number of carbonyl (C=O) groups excluding carboxylic acids is 2. The summed E-state index contributed by atoms with van der Waals surface area (Å²) >= 11 is 6.03. The van der Waals surface area contributed by atoms with Crippen LogP contribution in [0, 0.1) is 0 Å². The average Bonchev–Trinajstić information content (AvgIpc) is 2.79. The van der Waals surface area contributed by atoms with E-state index in [1.165, 1.54) is 0 Å². The van der Waals surface area contributed by atoms with Crippen LogP contribution in [0.15, 0.2) is 84.0 Å². The topological polar surface area (TPSA) is 70.6 Å². The van der Waals surface area contributed by atoms with Gasteiger partial charge in [0.2, 0.25) is 11.8 Å². The molecule has 0 spiro atoms. The molecule has 0 aliphatic rings. The second kappa shape index (κ2) is 9.41. The molecule has 31 heavy (non-hydrogen) atoms. The predicted molar refractivity (Wildman–Crippen MR) is 127 cm³/mol. The summed E-state index contributed by atoms with van der Waals surface area (Å²) in [6.45, 7) is 0. The first kappa shape index (κ1) is 20.6. The first-order valence-electron chi connectivity index (χ1n) is 9.88. The van der Waals surface area contributed by atoms with E-state index in [9.17, 15) is 9.59 Å². The Morgan fingerprint density at radius 3 is 2.06 bits per heavy atom. The number of rotatable bonds is 6. The van der Waals surface area contributed by atoms with Gasteiger partial charge in [-0.25, -0.2) is 5.43 Å². The van der Waals surface area contributed by atoms with Crippen molar-refractivity contribution in [2.75, 3.05) is 5.32 Å². The van der Waals surface area contributed by atoms with Crippen LogP contribution in [-0.2, 0) is 9.59 Å². The molecule has 0 saturated heterocycles. The molecule has 5 nitrogen and oxygen atoms in total. The molecule has 4 rings (SSSR count). The zero-order chi connectivity index (χ0) is 21.6. The third-order valence-corrected chi connectivity index (χ3v) is 5.25. The van der Waals surface area contributed by atoms with E-state index in [1.54, 1.807) is 30.5 Å². The van der Waals surface area contributed by atoms with Crippen molar-refractivity contribution in [3.63, 3.8) is 0 Å². The Labute approximate surface area is 184 Å². The van der Waals surface area contributed by atoms with Crippen LogP contribution in [-0.4, -0.2) is 18.0 Å². The number of nitrogens with one attached hydrogen (secondary N) is 2. The summed E-state index contributed by atoms with van der Waals surface area (Å²) in [7, 11) is 0. The lowest BCUT2D eigenvalue weighted by atomic mass is 9.97. The summed E-state index contributed by atoms with van der Waals surface area (Å²) in [5.74, 6) is -0.623. The SMILES string of the molecule is O=C(CCC(=O)Nc1ccccc1Cl)N/N=C/c1c2ccccc2cc2ccccc12. The molecule has 0 saturated carbocycles. The molecule has 0 aliphatic heterocycles. The maximum atomic E-state index is 12.2. The van der Waals surface area contributed by atoms with Crippen molar-refractivity contribution in [3.8, 4) is 0 Å². The fourth-order valence-corrected chi connectivity index (χ4v) is 3.60. The third kappa shape index (κ3) is 4.90. The molecular weight excluding hydrogens is 410 g/mol. The molecule has 0 aliphatic carbocycles. The summed E-state index contributed by atoms with van der Waals surface area (Å²) < 4.78 is 0.